The van der Waals surface area contributed by atoms with Crippen LogP contribution in [0.25, 0.3) is 0 Å². The van der Waals surface area contributed by atoms with Crippen molar-refractivity contribution >= 4 is 0 Å². The molecule has 2 unspecified atom stereocenters. The standard InChI is InChI=1S/C16H25FN2O/c1-3-18-16(13-5-4-6-14(17)11-13)8-10-19-9-7-15(12-19)20-2/h4-6,11,15-16,18H,3,7-10,12H2,1-2H3. The van der Waals surface area contributed by atoms with Gasteiger partial charge in [0.2, 0.25) is 0 Å². The number of benzene rings is 1. The van der Waals surface area contributed by atoms with Crippen LogP contribution in [0.2, 0.25) is 0 Å². The Morgan fingerprint density at radius 2 is 2.35 bits per heavy atom. The van der Waals surface area contributed by atoms with Crippen LogP contribution in [-0.2, 0) is 4.74 Å². The predicted octanol–water partition coefficient (Wildman–Crippen LogP) is 2.59. The molecule has 0 saturated carbocycles. The first-order valence-corrected chi connectivity index (χ1v) is 7.47. The molecule has 0 bridgehead atoms. The summed E-state index contributed by atoms with van der Waals surface area (Å²) in [5, 5.41) is 3.45. The lowest BCUT2D eigenvalue weighted by Gasteiger charge is -2.22. The second-order valence-electron chi connectivity index (χ2n) is 5.40. The SMILES string of the molecule is CCNC(CCN1CCC(OC)C1)c1cccc(F)c1. The molecule has 112 valence electrons. The zero-order chi connectivity index (χ0) is 14.4. The molecule has 0 spiro atoms. The lowest BCUT2D eigenvalue weighted by molar-refractivity contribution is 0.107. The molecule has 4 heteroatoms. The first-order chi connectivity index (χ1) is 9.72. The smallest absolute Gasteiger partial charge is 0.123 e. The van der Waals surface area contributed by atoms with Gasteiger partial charge < -0.3 is 15.0 Å². The largest absolute Gasteiger partial charge is 0.380 e. The molecule has 1 aromatic carbocycles. The van der Waals surface area contributed by atoms with Crippen molar-refractivity contribution in [2.75, 3.05) is 33.3 Å². The lowest BCUT2D eigenvalue weighted by Crippen LogP contribution is -2.29. The molecule has 1 aliphatic heterocycles. The van der Waals surface area contributed by atoms with E-state index in [9.17, 15) is 4.39 Å². The molecule has 20 heavy (non-hydrogen) atoms. The van der Waals surface area contributed by atoms with Crippen LogP contribution in [0.1, 0.15) is 31.4 Å². The molecule has 1 saturated heterocycles. The summed E-state index contributed by atoms with van der Waals surface area (Å²) >= 11 is 0. The Bertz CT molecular complexity index is 413. The zero-order valence-corrected chi connectivity index (χ0v) is 12.4. The van der Waals surface area contributed by atoms with E-state index < -0.39 is 0 Å². The minimum Gasteiger partial charge on any atom is -0.380 e. The van der Waals surface area contributed by atoms with Gasteiger partial charge in [-0.15, -0.1) is 0 Å². The van der Waals surface area contributed by atoms with Crippen LogP contribution in [-0.4, -0.2) is 44.3 Å². The van der Waals surface area contributed by atoms with E-state index in [2.05, 4.69) is 17.1 Å². The minimum atomic E-state index is -0.161. The van der Waals surface area contributed by atoms with Gasteiger partial charge in [-0.25, -0.2) is 4.39 Å². The van der Waals surface area contributed by atoms with Gasteiger partial charge in [-0.2, -0.15) is 0 Å². The highest BCUT2D eigenvalue weighted by Gasteiger charge is 2.22. The summed E-state index contributed by atoms with van der Waals surface area (Å²) < 4.78 is 18.7. The van der Waals surface area contributed by atoms with Crippen molar-refractivity contribution in [1.29, 1.82) is 0 Å². The van der Waals surface area contributed by atoms with Crippen LogP contribution in [0.5, 0.6) is 0 Å². The van der Waals surface area contributed by atoms with E-state index >= 15 is 0 Å². The summed E-state index contributed by atoms with van der Waals surface area (Å²) in [4.78, 5) is 2.43. The Kier molecular flexibility index (Phi) is 5.95. The van der Waals surface area contributed by atoms with Crippen LogP contribution in [0, 0.1) is 5.82 Å². The molecule has 0 aromatic heterocycles. The van der Waals surface area contributed by atoms with Gasteiger partial charge in [0.05, 0.1) is 6.10 Å². The van der Waals surface area contributed by atoms with Crippen molar-refractivity contribution in [2.45, 2.75) is 31.9 Å². The second kappa shape index (κ2) is 7.72. The molecule has 0 radical (unpaired) electrons. The fraction of sp³-hybridized carbons (Fsp3) is 0.625. The maximum Gasteiger partial charge on any atom is 0.123 e. The predicted molar refractivity (Wildman–Crippen MR) is 79.3 cm³/mol. The summed E-state index contributed by atoms with van der Waals surface area (Å²) in [7, 11) is 1.78. The Morgan fingerprint density at radius 1 is 1.50 bits per heavy atom. The number of nitrogens with one attached hydrogen (secondary N) is 1. The van der Waals surface area contributed by atoms with E-state index in [1.165, 1.54) is 6.07 Å². The number of hydrogen-bond donors (Lipinski definition) is 1. The van der Waals surface area contributed by atoms with Crippen LogP contribution in [0.15, 0.2) is 24.3 Å². The van der Waals surface area contributed by atoms with Crippen LogP contribution in [0.3, 0.4) is 0 Å². The number of nitrogens with zero attached hydrogens (tertiary/aromatic N) is 1. The third kappa shape index (κ3) is 4.27. The minimum absolute atomic E-state index is 0.161. The first kappa shape index (κ1) is 15.4. The van der Waals surface area contributed by atoms with Gasteiger partial charge in [0, 0.05) is 32.8 Å². The van der Waals surface area contributed by atoms with Gasteiger partial charge in [-0.1, -0.05) is 19.1 Å². The second-order valence-corrected chi connectivity index (χ2v) is 5.40. The number of ether oxygens (including phenoxy) is 1. The highest BCUT2D eigenvalue weighted by atomic mass is 19.1. The molecule has 1 aromatic rings. The number of rotatable bonds is 7. The number of likely N-dealkylation sites (tertiary alicyclic amines) is 1. The van der Waals surface area contributed by atoms with Gasteiger partial charge >= 0.3 is 0 Å². The normalized spacial score (nSPS) is 21.2. The van der Waals surface area contributed by atoms with Crippen LogP contribution < -0.4 is 5.32 Å². The maximum atomic E-state index is 13.4. The number of hydrogen-bond acceptors (Lipinski definition) is 3. The Balaban J connectivity index is 1.89. The number of methoxy groups -OCH3 is 1. The molecule has 2 atom stereocenters. The Labute approximate surface area is 121 Å². The van der Waals surface area contributed by atoms with E-state index in [-0.39, 0.29) is 11.9 Å². The average Bonchev–Trinajstić information content (AvgIpc) is 2.91. The summed E-state index contributed by atoms with van der Waals surface area (Å²) in [6.07, 6.45) is 2.48. The highest BCUT2D eigenvalue weighted by molar-refractivity contribution is 5.20. The van der Waals surface area contributed by atoms with Crippen molar-refractivity contribution in [2.24, 2.45) is 0 Å². The van der Waals surface area contributed by atoms with Crippen LogP contribution >= 0.6 is 0 Å². The molecular weight excluding hydrogens is 255 g/mol. The third-order valence-electron chi connectivity index (χ3n) is 4.00. The fourth-order valence-corrected chi connectivity index (χ4v) is 2.86. The number of halogens is 1. The van der Waals surface area contributed by atoms with Crippen molar-refractivity contribution < 1.29 is 9.13 Å². The van der Waals surface area contributed by atoms with E-state index in [0.717, 1.165) is 44.6 Å². The quantitative estimate of drug-likeness (QED) is 0.831. The summed E-state index contributed by atoms with van der Waals surface area (Å²) in [5.74, 6) is -0.161. The molecule has 1 heterocycles. The average molecular weight is 280 g/mol. The highest BCUT2D eigenvalue weighted by Crippen LogP contribution is 2.20. The first-order valence-electron chi connectivity index (χ1n) is 7.47. The van der Waals surface area contributed by atoms with Crippen LogP contribution in [0.4, 0.5) is 4.39 Å². The van der Waals surface area contributed by atoms with Crippen molar-refractivity contribution in [3.8, 4) is 0 Å². The van der Waals surface area contributed by atoms with Gasteiger partial charge in [0.25, 0.3) is 0 Å². The molecule has 3 nitrogen and oxygen atoms in total. The molecule has 0 amide bonds. The topological polar surface area (TPSA) is 24.5 Å². The van der Waals surface area contributed by atoms with Gasteiger partial charge in [0.1, 0.15) is 5.82 Å². The van der Waals surface area contributed by atoms with E-state index in [0.29, 0.717) is 6.10 Å². The molecule has 1 N–H and O–H groups in total. The summed E-state index contributed by atoms with van der Waals surface area (Å²) in [6, 6.07) is 7.13. The van der Waals surface area contributed by atoms with E-state index in [1.807, 2.05) is 6.07 Å². The zero-order valence-electron chi connectivity index (χ0n) is 12.4. The molecule has 2 rings (SSSR count). The maximum absolute atomic E-state index is 13.4. The molecule has 1 aliphatic rings. The molecular formula is C16H25FN2O. The monoisotopic (exact) mass is 280 g/mol. The van der Waals surface area contributed by atoms with Gasteiger partial charge in [-0.05, 0) is 37.1 Å². The van der Waals surface area contributed by atoms with Gasteiger partial charge in [-0.3, -0.25) is 0 Å². The third-order valence-corrected chi connectivity index (χ3v) is 4.00. The molecule has 1 fully saturated rings. The van der Waals surface area contributed by atoms with E-state index in [4.69, 9.17) is 4.74 Å². The summed E-state index contributed by atoms with van der Waals surface area (Å²) in [6.45, 7) is 6.11. The van der Waals surface area contributed by atoms with Crippen molar-refractivity contribution in [3.63, 3.8) is 0 Å². The van der Waals surface area contributed by atoms with Crippen molar-refractivity contribution in [3.05, 3.63) is 35.6 Å². The Morgan fingerprint density at radius 3 is 3.00 bits per heavy atom. The lowest BCUT2D eigenvalue weighted by atomic mass is 10.0. The van der Waals surface area contributed by atoms with E-state index in [1.54, 1.807) is 19.2 Å². The van der Waals surface area contributed by atoms with Crippen molar-refractivity contribution in [1.82, 2.24) is 10.2 Å². The Hall–Kier alpha value is -0.970. The summed E-state index contributed by atoms with van der Waals surface area (Å²) in [5.41, 5.74) is 1.04. The van der Waals surface area contributed by atoms with Gasteiger partial charge in [0.15, 0.2) is 0 Å². The molecule has 0 aliphatic carbocycles. The fourth-order valence-electron chi connectivity index (χ4n) is 2.86.